The Morgan fingerprint density at radius 2 is 2.00 bits per heavy atom. The molecule has 1 heteroatoms. The lowest BCUT2D eigenvalue weighted by atomic mass is 9.82. The first-order valence-electron chi connectivity index (χ1n) is 5.77. The highest BCUT2D eigenvalue weighted by Gasteiger charge is 2.40. The second-order valence-electron chi connectivity index (χ2n) is 4.93. The first kappa shape index (κ1) is 9.97. The van der Waals surface area contributed by atoms with Crippen LogP contribution in [0, 0.1) is 5.41 Å². The lowest BCUT2D eigenvalue weighted by Crippen LogP contribution is -2.26. The van der Waals surface area contributed by atoms with E-state index in [1.165, 1.54) is 45.2 Å². The summed E-state index contributed by atoms with van der Waals surface area (Å²) in [5, 5.41) is 0. The minimum atomic E-state index is 0.569. The Labute approximate surface area is 87.5 Å². The van der Waals surface area contributed by atoms with E-state index in [-0.39, 0.29) is 0 Å². The van der Waals surface area contributed by atoms with Crippen LogP contribution in [-0.2, 0) is 0 Å². The third-order valence-electron chi connectivity index (χ3n) is 3.81. The first-order valence-corrected chi connectivity index (χ1v) is 5.77. The number of hydrogen-bond acceptors (Lipinski definition) is 1. The molecule has 2 fully saturated rings. The van der Waals surface area contributed by atoms with E-state index in [1.807, 2.05) is 0 Å². The standard InChI is InChI=1S/C13H21N/c1-3-7-13(8-5-6-9-13)11-14-10-12(14)4-2/h3-4,12H,1-2,5-11H2. The van der Waals surface area contributed by atoms with Gasteiger partial charge < -0.3 is 0 Å². The van der Waals surface area contributed by atoms with Gasteiger partial charge in [0.05, 0.1) is 0 Å². The van der Waals surface area contributed by atoms with Crippen molar-refractivity contribution >= 4 is 0 Å². The van der Waals surface area contributed by atoms with Crippen LogP contribution in [0.25, 0.3) is 0 Å². The van der Waals surface area contributed by atoms with E-state index in [4.69, 9.17) is 0 Å². The molecule has 1 nitrogen and oxygen atoms in total. The van der Waals surface area contributed by atoms with Gasteiger partial charge in [-0.1, -0.05) is 25.0 Å². The maximum Gasteiger partial charge on any atom is 0.0404 e. The topological polar surface area (TPSA) is 3.01 Å². The Bertz CT molecular complexity index is 225. The van der Waals surface area contributed by atoms with Crippen molar-refractivity contribution in [3.05, 3.63) is 25.3 Å². The zero-order chi connectivity index (χ0) is 10.0. The van der Waals surface area contributed by atoms with Crippen LogP contribution in [0.3, 0.4) is 0 Å². The monoisotopic (exact) mass is 191 g/mol. The van der Waals surface area contributed by atoms with Gasteiger partial charge in [-0.15, -0.1) is 13.2 Å². The molecular formula is C13H21N. The van der Waals surface area contributed by atoms with Crippen LogP contribution in [0.5, 0.6) is 0 Å². The molecule has 2 atom stereocenters. The second-order valence-corrected chi connectivity index (χ2v) is 4.93. The maximum absolute atomic E-state index is 3.90. The predicted octanol–water partition coefficient (Wildman–Crippen LogP) is 2.99. The van der Waals surface area contributed by atoms with Gasteiger partial charge in [-0.25, -0.2) is 0 Å². The Balaban J connectivity index is 1.91. The van der Waals surface area contributed by atoms with Gasteiger partial charge in [0.25, 0.3) is 0 Å². The molecule has 1 aliphatic carbocycles. The molecule has 2 aliphatic rings. The Hall–Kier alpha value is -0.560. The number of hydrogen-bond donors (Lipinski definition) is 0. The van der Waals surface area contributed by atoms with Crippen LogP contribution in [0.4, 0.5) is 0 Å². The summed E-state index contributed by atoms with van der Waals surface area (Å²) >= 11 is 0. The zero-order valence-corrected chi connectivity index (χ0v) is 9.04. The number of nitrogens with zero attached hydrogens (tertiary/aromatic N) is 1. The molecule has 0 amide bonds. The van der Waals surface area contributed by atoms with E-state index in [0.717, 1.165) is 0 Å². The number of allylic oxidation sites excluding steroid dienone is 1. The van der Waals surface area contributed by atoms with E-state index in [0.29, 0.717) is 11.5 Å². The van der Waals surface area contributed by atoms with Crippen molar-refractivity contribution in [2.45, 2.75) is 38.1 Å². The van der Waals surface area contributed by atoms with E-state index >= 15 is 0 Å². The fourth-order valence-electron chi connectivity index (χ4n) is 2.89. The first-order chi connectivity index (χ1) is 6.79. The molecule has 2 rings (SSSR count). The summed E-state index contributed by atoms with van der Waals surface area (Å²) in [6, 6.07) is 0.678. The SMILES string of the molecule is C=CCC1(CN2CC2C=C)CCCC1. The van der Waals surface area contributed by atoms with E-state index in [2.05, 4.69) is 30.2 Å². The Kier molecular flexibility index (Phi) is 2.78. The van der Waals surface area contributed by atoms with Crippen molar-refractivity contribution in [3.63, 3.8) is 0 Å². The molecular weight excluding hydrogens is 170 g/mol. The average Bonchev–Trinajstić information content (AvgIpc) is 2.76. The number of rotatable bonds is 5. The molecule has 0 aromatic carbocycles. The molecule has 0 spiro atoms. The van der Waals surface area contributed by atoms with Crippen molar-refractivity contribution < 1.29 is 0 Å². The lowest BCUT2D eigenvalue weighted by Gasteiger charge is -2.28. The molecule has 14 heavy (non-hydrogen) atoms. The molecule has 1 aliphatic heterocycles. The van der Waals surface area contributed by atoms with Crippen LogP contribution < -0.4 is 0 Å². The highest BCUT2D eigenvalue weighted by atomic mass is 15.3. The fraction of sp³-hybridized carbons (Fsp3) is 0.692. The third kappa shape index (κ3) is 1.93. The van der Waals surface area contributed by atoms with Crippen molar-refractivity contribution in [2.24, 2.45) is 5.41 Å². The molecule has 0 radical (unpaired) electrons. The quantitative estimate of drug-likeness (QED) is 0.477. The van der Waals surface area contributed by atoms with Gasteiger partial charge in [-0.2, -0.15) is 0 Å². The second kappa shape index (κ2) is 3.90. The van der Waals surface area contributed by atoms with Gasteiger partial charge in [-0.05, 0) is 24.7 Å². The third-order valence-corrected chi connectivity index (χ3v) is 3.81. The van der Waals surface area contributed by atoms with Crippen molar-refractivity contribution in [2.75, 3.05) is 13.1 Å². The molecule has 1 heterocycles. The Morgan fingerprint density at radius 3 is 2.50 bits per heavy atom. The van der Waals surface area contributed by atoms with E-state index in [9.17, 15) is 0 Å². The lowest BCUT2D eigenvalue weighted by molar-refractivity contribution is 0.239. The van der Waals surface area contributed by atoms with Gasteiger partial charge in [0, 0.05) is 19.1 Å². The van der Waals surface area contributed by atoms with Crippen LogP contribution >= 0.6 is 0 Å². The summed E-state index contributed by atoms with van der Waals surface area (Å²) in [7, 11) is 0. The van der Waals surface area contributed by atoms with Gasteiger partial charge in [0.1, 0.15) is 0 Å². The van der Waals surface area contributed by atoms with E-state index in [1.54, 1.807) is 0 Å². The van der Waals surface area contributed by atoms with Crippen molar-refractivity contribution in [3.8, 4) is 0 Å². The molecule has 0 N–H and O–H groups in total. The normalized spacial score (nSPS) is 34.0. The smallest absolute Gasteiger partial charge is 0.0404 e. The van der Waals surface area contributed by atoms with Gasteiger partial charge in [0.15, 0.2) is 0 Å². The van der Waals surface area contributed by atoms with Gasteiger partial charge in [-0.3, -0.25) is 4.90 Å². The van der Waals surface area contributed by atoms with Gasteiger partial charge >= 0.3 is 0 Å². The van der Waals surface area contributed by atoms with Gasteiger partial charge in [0.2, 0.25) is 0 Å². The van der Waals surface area contributed by atoms with Crippen molar-refractivity contribution in [1.29, 1.82) is 0 Å². The minimum Gasteiger partial charge on any atom is -0.293 e. The summed E-state index contributed by atoms with van der Waals surface area (Å²) < 4.78 is 0. The highest BCUT2D eigenvalue weighted by molar-refractivity contribution is 5.05. The summed E-state index contributed by atoms with van der Waals surface area (Å²) in [6.07, 6.45) is 11.0. The molecule has 1 saturated carbocycles. The van der Waals surface area contributed by atoms with Crippen LogP contribution in [0.2, 0.25) is 0 Å². The molecule has 0 aromatic heterocycles. The summed E-state index contributed by atoms with van der Waals surface area (Å²) in [5.74, 6) is 0. The average molecular weight is 191 g/mol. The van der Waals surface area contributed by atoms with Crippen LogP contribution in [-0.4, -0.2) is 24.0 Å². The molecule has 1 saturated heterocycles. The van der Waals surface area contributed by atoms with E-state index < -0.39 is 0 Å². The van der Waals surface area contributed by atoms with Crippen LogP contribution in [0.1, 0.15) is 32.1 Å². The van der Waals surface area contributed by atoms with Crippen molar-refractivity contribution in [1.82, 2.24) is 4.90 Å². The largest absolute Gasteiger partial charge is 0.293 e. The van der Waals surface area contributed by atoms with Crippen LogP contribution in [0.15, 0.2) is 25.3 Å². The zero-order valence-electron chi connectivity index (χ0n) is 9.04. The summed E-state index contributed by atoms with van der Waals surface area (Å²) in [4.78, 5) is 2.54. The highest BCUT2D eigenvalue weighted by Crippen LogP contribution is 2.43. The fourth-order valence-corrected chi connectivity index (χ4v) is 2.89. The summed E-state index contributed by atoms with van der Waals surface area (Å²) in [6.45, 7) is 10.3. The summed E-state index contributed by atoms with van der Waals surface area (Å²) in [5.41, 5.74) is 0.569. The molecule has 2 unspecified atom stereocenters. The molecule has 0 bridgehead atoms. The Morgan fingerprint density at radius 1 is 1.29 bits per heavy atom. The minimum absolute atomic E-state index is 0.569. The molecule has 0 aromatic rings. The predicted molar refractivity (Wildman–Crippen MR) is 61.3 cm³/mol. The molecule has 78 valence electrons. The maximum atomic E-state index is 3.90.